The van der Waals surface area contributed by atoms with Crippen LogP contribution in [0.15, 0.2) is 53.6 Å². The number of hydrazone groups is 1. The van der Waals surface area contributed by atoms with Crippen LogP contribution in [0.2, 0.25) is 5.02 Å². The molecule has 0 N–H and O–H groups in total. The summed E-state index contributed by atoms with van der Waals surface area (Å²) >= 11 is 6.12. The van der Waals surface area contributed by atoms with Crippen LogP contribution in [0, 0.1) is 5.92 Å². The van der Waals surface area contributed by atoms with E-state index in [4.69, 9.17) is 21.4 Å². The molecule has 0 unspecified atom stereocenters. The standard InChI is InChI=1S/C23H24ClN3O2/c24-18-8-5-17(6-9-18)23-20-10-7-16-3-1-2-4-19(16)22(20)25-27(23)21(28)15-26-11-13-29-14-12-26/h1-6,8-9,20,23H,7,10-15H2/t20-,23-/m1/s1. The Bertz CT molecular complexity index is 937. The van der Waals surface area contributed by atoms with E-state index in [1.807, 2.05) is 24.3 Å². The topological polar surface area (TPSA) is 45.1 Å². The Balaban J connectivity index is 1.50. The minimum absolute atomic E-state index is 0.0474. The number of carbonyl (C=O) groups is 1. The molecule has 2 aromatic rings. The number of amides is 1. The lowest BCUT2D eigenvalue weighted by Gasteiger charge is -2.31. The summed E-state index contributed by atoms with van der Waals surface area (Å²) in [4.78, 5) is 15.5. The highest BCUT2D eigenvalue weighted by molar-refractivity contribution is 6.30. The molecule has 150 valence electrons. The first kappa shape index (κ1) is 18.8. The molecular weight excluding hydrogens is 386 g/mol. The molecule has 1 amide bonds. The summed E-state index contributed by atoms with van der Waals surface area (Å²) in [5.41, 5.74) is 4.64. The lowest BCUT2D eigenvalue weighted by molar-refractivity contribution is -0.135. The van der Waals surface area contributed by atoms with Gasteiger partial charge in [0.2, 0.25) is 0 Å². The van der Waals surface area contributed by atoms with Crippen LogP contribution < -0.4 is 0 Å². The van der Waals surface area contributed by atoms with E-state index < -0.39 is 0 Å². The first-order chi connectivity index (χ1) is 14.2. The number of rotatable bonds is 3. The SMILES string of the molecule is O=C(CN1CCOCC1)N1N=C2c3ccccc3CC[C@H]2[C@H]1c1ccc(Cl)cc1. The number of nitrogens with zero attached hydrogens (tertiary/aromatic N) is 3. The van der Waals surface area contributed by atoms with Crippen molar-refractivity contribution in [2.75, 3.05) is 32.8 Å². The average molecular weight is 410 g/mol. The van der Waals surface area contributed by atoms with Crippen molar-refractivity contribution in [3.8, 4) is 0 Å². The minimum atomic E-state index is -0.0795. The second-order valence-electron chi connectivity index (χ2n) is 7.91. The average Bonchev–Trinajstić information content (AvgIpc) is 3.15. The van der Waals surface area contributed by atoms with Gasteiger partial charge in [0, 0.05) is 29.6 Å². The highest BCUT2D eigenvalue weighted by atomic mass is 35.5. The van der Waals surface area contributed by atoms with Gasteiger partial charge in [-0.2, -0.15) is 5.10 Å². The third-order valence-corrected chi connectivity index (χ3v) is 6.41. The monoisotopic (exact) mass is 409 g/mol. The number of halogens is 1. The molecule has 2 aromatic carbocycles. The zero-order valence-corrected chi connectivity index (χ0v) is 17.0. The largest absolute Gasteiger partial charge is 0.379 e. The number of morpholine rings is 1. The first-order valence-corrected chi connectivity index (χ1v) is 10.6. The Morgan fingerprint density at radius 1 is 1.10 bits per heavy atom. The number of fused-ring (bicyclic) bond motifs is 3. The molecule has 2 heterocycles. The highest BCUT2D eigenvalue weighted by Gasteiger charge is 2.43. The van der Waals surface area contributed by atoms with E-state index in [0.717, 1.165) is 37.2 Å². The quantitative estimate of drug-likeness (QED) is 0.779. The normalized spacial score (nSPS) is 24.0. The maximum atomic E-state index is 13.3. The van der Waals surface area contributed by atoms with E-state index in [1.54, 1.807) is 5.01 Å². The summed E-state index contributed by atoms with van der Waals surface area (Å²) < 4.78 is 5.42. The van der Waals surface area contributed by atoms with Gasteiger partial charge in [-0.05, 0) is 36.1 Å². The summed E-state index contributed by atoms with van der Waals surface area (Å²) in [5, 5.41) is 7.35. The zero-order valence-electron chi connectivity index (χ0n) is 16.3. The van der Waals surface area contributed by atoms with E-state index in [1.165, 1.54) is 11.1 Å². The maximum Gasteiger partial charge on any atom is 0.257 e. The second kappa shape index (κ2) is 7.90. The Morgan fingerprint density at radius 3 is 2.66 bits per heavy atom. The van der Waals surface area contributed by atoms with Gasteiger partial charge in [-0.3, -0.25) is 9.69 Å². The van der Waals surface area contributed by atoms with Crippen molar-refractivity contribution >= 4 is 23.2 Å². The number of carbonyl (C=O) groups excluding carboxylic acids is 1. The summed E-state index contributed by atoms with van der Waals surface area (Å²) in [7, 11) is 0. The van der Waals surface area contributed by atoms with Gasteiger partial charge in [0.25, 0.3) is 5.91 Å². The van der Waals surface area contributed by atoms with Crippen LogP contribution in [0.3, 0.4) is 0 Å². The van der Waals surface area contributed by atoms with Gasteiger partial charge in [-0.25, -0.2) is 5.01 Å². The molecule has 1 saturated heterocycles. The summed E-state index contributed by atoms with van der Waals surface area (Å²) in [6, 6.07) is 16.2. The summed E-state index contributed by atoms with van der Waals surface area (Å²) in [5.74, 6) is 0.256. The zero-order chi connectivity index (χ0) is 19.8. The van der Waals surface area contributed by atoms with E-state index in [2.05, 4.69) is 29.2 Å². The van der Waals surface area contributed by atoms with Crippen molar-refractivity contribution in [3.63, 3.8) is 0 Å². The fourth-order valence-corrected chi connectivity index (χ4v) is 4.81. The third-order valence-electron chi connectivity index (χ3n) is 6.16. The van der Waals surface area contributed by atoms with Crippen LogP contribution in [0.25, 0.3) is 0 Å². The lowest BCUT2D eigenvalue weighted by Crippen LogP contribution is -2.44. The molecular formula is C23H24ClN3O2. The molecule has 2 aliphatic heterocycles. The van der Waals surface area contributed by atoms with Gasteiger partial charge in [-0.1, -0.05) is 48.0 Å². The van der Waals surface area contributed by atoms with Crippen LogP contribution in [0.1, 0.15) is 29.2 Å². The number of hydrogen-bond donors (Lipinski definition) is 0. The van der Waals surface area contributed by atoms with Crippen molar-refractivity contribution in [1.29, 1.82) is 0 Å². The number of aryl methyl sites for hydroxylation is 1. The molecule has 1 aliphatic carbocycles. The van der Waals surface area contributed by atoms with Crippen molar-refractivity contribution < 1.29 is 9.53 Å². The predicted octanol–water partition coefficient (Wildman–Crippen LogP) is 3.52. The van der Waals surface area contributed by atoms with Gasteiger partial charge in [0.05, 0.1) is 31.5 Å². The lowest BCUT2D eigenvalue weighted by atomic mass is 9.77. The number of ether oxygens (including phenoxy) is 1. The van der Waals surface area contributed by atoms with E-state index >= 15 is 0 Å². The van der Waals surface area contributed by atoms with E-state index in [9.17, 15) is 4.79 Å². The molecule has 5 rings (SSSR count). The predicted molar refractivity (Wildman–Crippen MR) is 113 cm³/mol. The fourth-order valence-electron chi connectivity index (χ4n) is 4.69. The molecule has 5 nitrogen and oxygen atoms in total. The Morgan fingerprint density at radius 2 is 1.86 bits per heavy atom. The van der Waals surface area contributed by atoms with Gasteiger partial charge in [0.1, 0.15) is 0 Å². The van der Waals surface area contributed by atoms with Gasteiger partial charge < -0.3 is 4.74 Å². The van der Waals surface area contributed by atoms with Crippen LogP contribution in [-0.4, -0.2) is 54.4 Å². The van der Waals surface area contributed by atoms with Crippen molar-refractivity contribution in [1.82, 2.24) is 9.91 Å². The summed E-state index contributed by atoms with van der Waals surface area (Å²) in [6.45, 7) is 3.30. The third kappa shape index (κ3) is 3.59. The molecule has 1 fully saturated rings. The molecule has 0 radical (unpaired) electrons. The second-order valence-corrected chi connectivity index (χ2v) is 8.35. The number of benzene rings is 2. The Labute approximate surface area is 175 Å². The molecule has 29 heavy (non-hydrogen) atoms. The molecule has 2 atom stereocenters. The molecule has 0 aromatic heterocycles. The fraction of sp³-hybridized carbons (Fsp3) is 0.391. The van der Waals surface area contributed by atoms with Crippen LogP contribution in [0.4, 0.5) is 0 Å². The maximum absolute atomic E-state index is 13.3. The van der Waals surface area contributed by atoms with Crippen LogP contribution in [0.5, 0.6) is 0 Å². The van der Waals surface area contributed by atoms with Crippen molar-refractivity contribution in [2.45, 2.75) is 18.9 Å². The highest BCUT2D eigenvalue weighted by Crippen LogP contribution is 2.43. The van der Waals surface area contributed by atoms with Crippen LogP contribution in [-0.2, 0) is 16.0 Å². The van der Waals surface area contributed by atoms with Crippen LogP contribution >= 0.6 is 11.6 Å². The van der Waals surface area contributed by atoms with Gasteiger partial charge >= 0.3 is 0 Å². The minimum Gasteiger partial charge on any atom is -0.379 e. The van der Waals surface area contributed by atoms with E-state index in [-0.39, 0.29) is 17.9 Å². The van der Waals surface area contributed by atoms with Gasteiger partial charge in [-0.15, -0.1) is 0 Å². The molecule has 3 aliphatic rings. The van der Waals surface area contributed by atoms with Crippen molar-refractivity contribution in [2.24, 2.45) is 11.0 Å². The van der Waals surface area contributed by atoms with E-state index in [0.29, 0.717) is 24.8 Å². The molecule has 6 heteroatoms. The Kier molecular flexibility index (Phi) is 5.12. The molecule has 0 spiro atoms. The number of hydrogen-bond acceptors (Lipinski definition) is 4. The first-order valence-electron chi connectivity index (χ1n) is 10.2. The van der Waals surface area contributed by atoms with Gasteiger partial charge in [0.15, 0.2) is 0 Å². The summed E-state index contributed by atoms with van der Waals surface area (Å²) in [6.07, 6.45) is 2.00. The Hall–Kier alpha value is -2.21. The smallest absolute Gasteiger partial charge is 0.257 e. The van der Waals surface area contributed by atoms with Crippen molar-refractivity contribution in [3.05, 3.63) is 70.2 Å². The molecule has 0 saturated carbocycles. The molecule has 0 bridgehead atoms.